The highest BCUT2D eigenvalue weighted by Crippen LogP contribution is 2.15. The summed E-state index contributed by atoms with van der Waals surface area (Å²) in [5, 5.41) is 1.32. The summed E-state index contributed by atoms with van der Waals surface area (Å²) in [5.74, 6) is 0. The Kier molecular flexibility index (Phi) is 4.51. The van der Waals surface area contributed by atoms with Gasteiger partial charge in [0.1, 0.15) is 0 Å². The summed E-state index contributed by atoms with van der Waals surface area (Å²) in [4.78, 5) is 19.4. The Balaban J connectivity index is 0.000000154. The molecule has 2 aromatic heterocycles. The molecule has 0 spiro atoms. The molecule has 0 aliphatic carbocycles. The van der Waals surface area contributed by atoms with Crippen molar-refractivity contribution in [3.63, 3.8) is 0 Å². The van der Waals surface area contributed by atoms with Crippen LogP contribution in [-0.4, -0.2) is 15.0 Å². The van der Waals surface area contributed by atoms with Crippen molar-refractivity contribution >= 4 is 21.9 Å². The minimum Gasteiger partial charge on any atom is -0.361 e. The van der Waals surface area contributed by atoms with Gasteiger partial charge in [0, 0.05) is 17.1 Å². The smallest absolute Gasteiger partial charge is 0.323 e. The molecule has 2 heterocycles. The van der Waals surface area contributed by atoms with Crippen molar-refractivity contribution in [1.29, 1.82) is 0 Å². The van der Waals surface area contributed by atoms with E-state index in [1.54, 1.807) is 0 Å². The molecule has 0 atom stereocenters. The SMILES string of the molecule is C.Cc1cccc2[nH]c(=O)[nH]c12.Cc1cccc2[nH]ccc12. The third kappa shape index (κ3) is 2.96. The molecule has 0 aliphatic rings. The van der Waals surface area contributed by atoms with Crippen LogP contribution in [0.25, 0.3) is 21.9 Å². The number of hydrogen-bond acceptors (Lipinski definition) is 1. The lowest BCUT2D eigenvalue weighted by atomic mass is 10.1. The maximum absolute atomic E-state index is 10.8. The molecule has 0 unspecified atom stereocenters. The standard InChI is InChI=1S/C9H9N.C8H8N2O.CH4/c1-7-3-2-4-9-8(7)5-6-10-9;1-5-3-2-4-6-7(5)10-8(11)9-6;/h2-6,10H,1H3;2-4H,1H3,(H2,9,10,11);1H4. The first-order chi connectivity index (χ1) is 10.1. The Hall–Kier alpha value is -2.75. The molecule has 0 bridgehead atoms. The summed E-state index contributed by atoms with van der Waals surface area (Å²) < 4.78 is 0. The number of fused-ring (bicyclic) bond motifs is 2. The molecule has 4 heteroatoms. The maximum Gasteiger partial charge on any atom is 0.323 e. The van der Waals surface area contributed by atoms with E-state index in [0.29, 0.717) is 0 Å². The van der Waals surface area contributed by atoms with Crippen LogP contribution in [0, 0.1) is 13.8 Å². The number of para-hydroxylation sites is 1. The number of aryl methyl sites for hydroxylation is 2. The third-order valence-electron chi connectivity index (χ3n) is 3.57. The highest BCUT2D eigenvalue weighted by atomic mass is 16.1. The first-order valence-corrected chi connectivity index (χ1v) is 6.85. The Morgan fingerprint density at radius 3 is 2.18 bits per heavy atom. The predicted octanol–water partition coefficient (Wildman–Crippen LogP) is 4.28. The van der Waals surface area contributed by atoms with Crippen molar-refractivity contribution in [3.8, 4) is 0 Å². The topological polar surface area (TPSA) is 64.4 Å². The van der Waals surface area contributed by atoms with Crippen LogP contribution in [0.5, 0.6) is 0 Å². The average molecular weight is 295 g/mol. The fraction of sp³-hybridized carbons (Fsp3) is 0.167. The van der Waals surface area contributed by atoms with Crippen molar-refractivity contribution in [2.75, 3.05) is 0 Å². The van der Waals surface area contributed by atoms with Crippen LogP contribution in [0.3, 0.4) is 0 Å². The van der Waals surface area contributed by atoms with E-state index in [1.807, 2.05) is 31.3 Å². The van der Waals surface area contributed by atoms with Crippen LogP contribution in [0.2, 0.25) is 0 Å². The van der Waals surface area contributed by atoms with E-state index < -0.39 is 0 Å². The summed E-state index contributed by atoms with van der Waals surface area (Å²) in [6.07, 6.45) is 1.97. The summed E-state index contributed by atoms with van der Waals surface area (Å²) in [7, 11) is 0. The van der Waals surface area contributed by atoms with Crippen molar-refractivity contribution in [2.24, 2.45) is 0 Å². The first kappa shape index (κ1) is 15.6. The molecule has 0 radical (unpaired) electrons. The van der Waals surface area contributed by atoms with Gasteiger partial charge in [0.15, 0.2) is 0 Å². The van der Waals surface area contributed by atoms with Crippen LogP contribution < -0.4 is 5.69 Å². The zero-order chi connectivity index (χ0) is 14.8. The van der Waals surface area contributed by atoms with E-state index in [-0.39, 0.29) is 13.1 Å². The maximum atomic E-state index is 10.8. The Morgan fingerprint density at radius 1 is 0.818 bits per heavy atom. The van der Waals surface area contributed by atoms with Gasteiger partial charge in [-0.25, -0.2) is 4.79 Å². The number of H-pyrrole nitrogens is 3. The molecule has 4 rings (SSSR count). The lowest BCUT2D eigenvalue weighted by molar-refractivity contribution is 1.21. The van der Waals surface area contributed by atoms with Gasteiger partial charge in [0.2, 0.25) is 0 Å². The minimum absolute atomic E-state index is 0. The van der Waals surface area contributed by atoms with Gasteiger partial charge in [-0.05, 0) is 43.2 Å². The van der Waals surface area contributed by atoms with Gasteiger partial charge in [0.25, 0.3) is 0 Å². The normalized spacial score (nSPS) is 10.1. The fourth-order valence-electron chi connectivity index (χ4n) is 2.45. The molecule has 0 fully saturated rings. The van der Waals surface area contributed by atoms with E-state index in [0.717, 1.165) is 16.6 Å². The number of aromatic amines is 3. The molecular weight excluding hydrogens is 274 g/mol. The number of nitrogens with one attached hydrogen (secondary N) is 3. The Labute approximate surface area is 129 Å². The number of rotatable bonds is 0. The molecule has 22 heavy (non-hydrogen) atoms. The van der Waals surface area contributed by atoms with Gasteiger partial charge >= 0.3 is 5.69 Å². The molecule has 0 aliphatic heterocycles. The van der Waals surface area contributed by atoms with Crippen molar-refractivity contribution in [3.05, 3.63) is 70.3 Å². The fourth-order valence-corrected chi connectivity index (χ4v) is 2.45. The summed E-state index contributed by atoms with van der Waals surface area (Å²) in [6, 6.07) is 14.1. The zero-order valence-electron chi connectivity index (χ0n) is 12.0. The van der Waals surface area contributed by atoms with E-state index >= 15 is 0 Å². The Bertz CT molecular complexity index is 943. The van der Waals surface area contributed by atoms with Gasteiger partial charge < -0.3 is 15.0 Å². The summed E-state index contributed by atoms with van der Waals surface area (Å²) in [6.45, 7) is 4.09. The van der Waals surface area contributed by atoms with Crippen LogP contribution in [0.1, 0.15) is 18.6 Å². The molecule has 0 saturated heterocycles. The lowest BCUT2D eigenvalue weighted by Crippen LogP contribution is -1.99. The van der Waals surface area contributed by atoms with E-state index in [9.17, 15) is 4.79 Å². The van der Waals surface area contributed by atoms with Gasteiger partial charge in [-0.2, -0.15) is 0 Å². The number of imidazole rings is 1. The van der Waals surface area contributed by atoms with Crippen LogP contribution in [-0.2, 0) is 0 Å². The second-order valence-electron chi connectivity index (χ2n) is 5.09. The largest absolute Gasteiger partial charge is 0.361 e. The second kappa shape index (κ2) is 6.35. The highest BCUT2D eigenvalue weighted by Gasteiger charge is 1.98. The van der Waals surface area contributed by atoms with Gasteiger partial charge in [-0.3, -0.25) is 0 Å². The zero-order valence-corrected chi connectivity index (χ0v) is 12.0. The van der Waals surface area contributed by atoms with Gasteiger partial charge in [-0.15, -0.1) is 0 Å². The second-order valence-corrected chi connectivity index (χ2v) is 5.09. The molecule has 0 amide bonds. The number of hydrogen-bond donors (Lipinski definition) is 3. The van der Waals surface area contributed by atoms with E-state index in [1.165, 1.54) is 16.5 Å². The van der Waals surface area contributed by atoms with Gasteiger partial charge in [-0.1, -0.05) is 31.7 Å². The van der Waals surface area contributed by atoms with Crippen molar-refractivity contribution in [2.45, 2.75) is 21.3 Å². The average Bonchev–Trinajstić information content (AvgIpc) is 3.06. The number of benzene rings is 2. The lowest BCUT2D eigenvalue weighted by Gasteiger charge is -1.92. The molecule has 114 valence electrons. The van der Waals surface area contributed by atoms with Crippen LogP contribution in [0.4, 0.5) is 0 Å². The van der Waals surface area contributed by atoms with E-state index in [2.05, 4.69) is 46.1 Å². The minimum atomic E-state index is -0.144. The number of aromatic nitrogens is 3. The first-order valence-electron chi connectivity index (χ1n) is 6.85. The van der Waals surface area contributed by atoms with Crippen LogP contribution >= 0.6 is 0 Å². The van der Waals surface area contributed by atoms with Gasteiger partial charge in [0.05, 0.1) is 11.0 Å². The molecule has 3 N–H and O–H groups in total. The molecule has 4 aromatic rings. The highest BCUT2D eigenvalue weighted by molar-refractivity contribution is 5.82. The molecule has 4 nitrogen and oxygen atoms in total. The van der Waals surface area contributed by atoms with Crippen LogP contribution in [0.15, 0.2) is 53.5 Å². The monoisotopic (exact) mass is 295 g/mol. The van der Waals surface area contributed by atoms with E-state index in [4.69, 9.17) is 0 Å². The van der Waals surface area contributed by atoms with Crippen molar-refractivity contribution in [1.82, 2.24) is 15.0 Å². The molecular formula is C18H21N3O. The quantitative estimate of drug-likeness (QED) is 0.445. The van der Waals surface area contributed by atoms with Crippen molar-refractivity contribution < 1.29 is 0 Å². The third-order valence-corrected chi connectivity index (χ3v) is 3.57. The summed E-state index contributed by atoms with van der Waals surface area (Å²) >= 11 is 0. The Morgan fingerprint density at radius 2 is 1.50 bits per heavy atom. The summed E-state index contributed by atoms with van der Waals surface area (Å²) in [5.41, 5.74) is 5.27. The predicted molar refractivity (Wildman–Crippen MR) is 93.4 cm³/mol. The molecule has 2 aromatic carbocycles. The molecule has 0 saturated carbocycles.